The zero-order valence-corrected chi connectivity index (χ0v) is 14.1. The number of benzene rings is 1. The number of aliphatic imine (C=N–C) groups is 1. The first kappa shape index (κ1) is 15.5. The SMILES string of the molecule is O=C1CCCC2=C1C(c1ccc(F)cc1Cl)=NC(c1nccs1)N2. The molecule has 2 heterocycles. The fraction of sp³-hybridized carbons (Fsp3) is 0.235. The fourth-order valence-electron chi connectivity index (χ4n) is 3.03. The van der Waals surface area contributed by atoms with Crippen molar-refractivity contribution in [3.8, 4) is 0 Å². The van der Waals surface area contributed by atoms with Crippen LogP contribution in [0.1, 0.15) is 36.0 Å². The number of allylic oxidation sites excluding steroid dienone is 2. The Bertz CT molecular complexity index is 876. The molecule has 1 aromatic heterocycles. The summed E-state index contributed by atoms with van der Waals surface area (Å²) in [6.07, 6.45) is 3.43. The van der Waals surface area contributed by atoms with Gasteiger partial charge in [0.1, 0.15) is 10.8 Å². The lowest BCUT2D eigenvalue weighted by Gasteiger charge is -2.30. The van der Waals surface area contributed by atoms with Gasteiger partial charge in [0.05, 0.1) is 16.3 Å². The average molecular weight is 362 g/mol. The van der Waals surface area contributed by atoms with Crippen LogP contribution in [-0.4, -0.2) is 16.5 Å². The minimum absolute atomic E-state index is 0.0421. The summed E-state index contributed by atoms with van der Waals surface area (Å²) in [5.74, 6) is -0.376. The van der Waals surface area contributed by atoms with E-state index in [0.717, 1.165) is 23.5 Å². The molecule has 0 radical (unpaired) electrons. The maximum Gasteiger partial charge on any atom is 0.171 e. The lowest BCUT2D eigenvalue weighted by atomic mass is 9.87. The smallest absolute Gasteiger partial charge is 0.171 e. The normalized spacial score (nSPS) is 20.5. The van der Waals surface area contributed by atoms with Crippen LogP contribution in [0.4, 0.5) is 4.39 Å². The second-order valence-electron chi connectivity index (χ2n) is 5.65. The number of Topliss-reactive ketones (excluding diaryl/α,β-unsaturated/α-hetero) is 1. The van der Waals surface area contributed by atoms with E-state index in [4.69, 9.17) is 11.6 Å². The van der Waals surface area contributed by atoms with Crippen molar-refractivity contribution in [1.82, 2.24) is 10.3 Å². The van der Waals surface area contributed by atoms with Crippen molar-refractivity contribution in [1.29, 1.82) is 0 Å². The molecule has 0 saturated heterocycles. The summed E-state index contributed by atoms with van der Waals surface area (Å²) >= 11 is 7.72. The van der Waals surface area contributed by atoms with Gasteiger partial charge in [0.15, 0.2) is 11.9 Å². The number of ketones is 1. The van der Waals surface area contributed by atoms with E-state index in [9.17, 15) is 9.18 Å². The zero-order valence-electron chi connectivity index (χ0n) is 12.6. The molecule has 0 saturated carbocycles. The molecule has 1 unspecified atom stereocenters. The lowest BCUT2D eigenvalue weighted by molar-refractivity contribution is -0.115. The summed E-state index contributed by atoms with van der Waals surface area (Å²) in [6.45, 7) is 0. The highest BCUT2D eigenvalue weighted by Crippen LogP contribution is 2.34. The van der Waals surface area contributed by atoms with Gasteiger partial charge in [-0.15, -0.1) is 11.3 Å². The predicted octanol–water partition coefficient (Wildman–Crippen LogP) is 4.03. The van der Waals surface area contributed by atoms with Crippen molar-refractivity contribution in [3.63, 3.8) is 0 Å². The van der Waals surface area contributed by atoms with Crippen LogP contribution in [0, 0.1) is 5.82 Å². The van der Waals surface area contributed by atoms with Crippen molar-refractivity contribution >= 4 is 34.4 Å². The van der Waals surface area contributed by atoms with Crippen LogP contribution in [0.25, 0.3) is 0 Å². The highest BCUT2D eigenvalue weighted by atomic mass is 35.5. The van der Waals surface area contributed by atoms with Gasteiger partial charge in [-0.2, -0.15) is 0 Å². The van der Waals surface area contributed by atoms with Gasteiger partial charge in [-0.25, -0.2) is 9.37 Å². The van der Waals surface area contributed by atoms with Crippen LogP contribution in [0.3, 0.4) is 0 Å². The number of thiazole rings is 1. The van der Waals surface area contributed by atoms with E-state index in [-0.39, 0.29) is 17.0 Å². The molecule has 1 atom stereocenters. The van der Waals surface area contributed by atoms with E-state index in [2.05, 4.69) is 15.3 Å². The molecule has 7 heteroatoms. The van der Waals surface area contributed by atoms with Crippen LogP contribution in [-0.2, 0) is 4.79 Å². The second-order valence-corrected chi connectivity index (χ2v) is 6.98. The van der Waals surface area contributed by atoms with Crippen molar-refractivity contribution in [2.24, 2.45) is 4.99 Å². The van der Waals surface area contributed by atoms with Crippen LogP contribution in [0.2, 0.25) is 5.02 Å². The lowest BCUT2D eigenvalue weighted by Crippen LogP contribution is -2.34. The molecule has 2 aliphatic rings. The molecule has 2 aromatic rings. The standard InChI is InChI=1S/C17H13ClFN3OS/c18-11-8-9(19)4-5-10(11)15-14-12(2-1-3-13(14)23)21-16(22-15)17-20-6-7-24-17/h4-8,16,21H,1-3H2. The highest BCUT2D eigenvalue weighted by Gasteiger charge is 2.33. The first-order chi connectivity index (χ1) is 11.6. The van der Waals surface area contributed by atoms with Gasteiger partial charge < -0.3 is 5.32 Å². The Morgan fingerprint density at radius 3 is 2.96 bits per heavy atom. The van der Waals surface area contributed by atoms with Gasteiger partial charge in [-0.3, -0.25) is 9.79 Å². The van der Waals surface area contributed by atoms with Crippen molar-refractivity contribution in [3.05, 3.63) is 62.5 Å². The Morgan fingerprint density at radius 1 is 1.33 bits per heavy atom. The molecule has 0 bridgehead atoms. The average Bonchev–Trinajstić information content (AvgIpc) is 3.09. The fourth-order valence-corrected chi connectivity index (χ4v) is 3.91. The third-order valence-corrected chi connectivity index (χ3v) is 5.23. The summed E-state index contributed by atoms with van der Waals surface area (Å²) < 4.78 is 13.4. The number of aromatic nitrogens is 1. The van der Waals surface area contributed by atoms with Crippen LogP contribution in [0.5, 0.6) is 0 Å². The summed E-state index contributed by atoms with van der Waals surface area (Å²) in [5, 5.41) is 6.27. The number of hydrogen-bond acceptors (Lipinski definition) is 5. The van der Waals surface area contributed by atoms with Gasteiger partial charge in [0, 0.05) is 29.3 Å². The molecule has 1 N–H and O–H groups in total. The molecule has 1 aromatic carbocycles. The van der Waals surface area contributed by atoms with E-state index in [1.54, 1.807) is 12.3 Å². The molecular formula is C17H13ClFN3OS. The van der Waals surface area contributed by atoms with Crippen LogP contribution in [0.15, 0.2) is 46.0 Å². The van der Waals surface area contributed by atoms with E-state index < -0.39 is 5.82 Å². The van der Waals surface area contributed by atoms with E-state index in [1.165, 1.54) is 23.5 Å². The number of halogens is 2. The van der Waals surface area contributed by atoms with E-state index in [1.807, 2.05) is 5.38 Å². The molecule has 24 heavy (non-hydrogen) atoms. The predicted molar refractivity (Wildman–Crippen MR) is 91.8 cm³/mol. The van der Waals surface area contributed by atoms with Crippen LogP contribution < -0.4 is 5.32 Å². The van der Waals surface area contributed by atoms with Gasteiger partial charge in [0.25, 0.3) is 0 Å². The maximum atomic E-state index is 13.4. The number of nitrogens with zero attached hydrogens (tertiary/aromatic N) is 2. The van der Waals surface area contributed by atoms with Crippen molar-refractivity contribution in [2.45, 2.75) is 25.4 Å². The van der Waals surface area contributed by atoms with Gasteiger partial charge >= 0.3 is 0 Å². The molecular weight excluding hydrogens is 349 g/mol. The summed E-state index contributed by atoms with van der Waals surface area (Å²) in [7, 11) is 0. The molecule has 0 amide bonds. The third-order valence-electron chi connectivity index (χ3n) is 4.09. The largest absolute Gasteiger partial charge is 0.361 e. The number of carbonyl (C=O) groups is 1. The third kappa shape index (κ3) is 2.65. The molecule has 4 rings (SSSR count). The van der Waals surface area contributed by atoms with Gasteiger partial charge in [0.2, 0.25) is 0 Å². The minimum Gasteiger partial charge on any atom is -0.361 e. The summed E-state index contributed by atoms with van der Waals surface area (Å²) in [5.41, 5.74) is 2.54. The van der Waals surface area contributed by atoms with Crippen LogP contribution >= 0.6 is 22.9 Å². The summed E-state index contributed by atoms with van der Waals surface area (Å²) in [4.78, 5) is 21.5. The molecule has 1 aliphatic carbocycles. The zero-order chi connectivity index (χ0) is 16.7. The number of rotatable bonds is 2. The van der Waals surface area contributed by atoms with Crippen molar-refractivity contribution in [2.75, 3.05) is 0 Å². The van der Waals surface area contributed by atoms with E-state index >= 15 is 0 Å². The Labute approximate surface area is 147 Å². The Balaban J connectivity index is 1.87. The molecule has 1 aliphatic heterocycles. The molecule has 122 valence electrons. The number of carbonyl (C=O) groups excluding carboxylic acids is 1. The minimum atomic E-state index is -0.418. The number of hydrogen-bond donors (Lipinski definition) is 1. The van der Waals surface area contributed by atoms with Gasteiger partial charge in [-0.1, -0.05) is 11.6 Å². The first-order valence-electron chi connectivity index (χ1n) is 7.59. The Morgan fingerprint density at radius 2 is 2.21 bits per heavy atom. The van der Waals surface area contributed by atoms with Gasteiger partial charge in [-0.05, 0) is 31.0 Å². The summed E-state index contributed by atoms with van der Waals surface area (Å²) in [6, 6.07) is 4.15. The molecule has 0 spiro atoms. The first-order valence-corrected chi connectivity index (χ1v) is 8.85. The highest BCUT2D eigenvalue weighted by molar-refractivity contribution is 7.09. The Kier molecular flexibility index (Phi) is 3.94. The topological polar surface area (TPSA) is 54.4 Å². The maximum absolute atomic E-state index is 13.4. The molecule has 0 fully saturated rings. The number of nitrogens with one attached hydrogen (secondary N) is 1. The monoisotopic (exact) mass is 361 g/mol. The van der Waals surface area contributed by atoms with E-state index in [0.29, 0.717) is 23.3 Å². The quantitative estimate of drug-likeness (QED) is 0.878. The second kappa shape index (κ2) is 6.11. The molecule has 4 nitrogen and oxygen atoms in total. The van der Waals surface area contributed by atoms with Crippen molar-refractivity contribution < 1.29 is 9.18 Å². The Hall–Kier alpha value is -2.05.